The third kappa shape index (κ3) is 0.681. The molecule has 0 unspecified atom stereocenters. The highest BCUT2D eigenvalue weighted by Gasteiger charge is 2.22. The van der Waals surface area contributed by atoms with Gasteiger partial charge in [0.25, 0.3) is 0 Å². The van der Waals surface area contributed by atoms with Crippen LogP contribution in [0, 0.1) is 11.5 Å². The molecule has 0 aromatic carbocycles. The molecule has 0 saturated heterocycles. The first-order chi connectivity index (χ1) is 4.25. The lowest BCUT2D eigenvalue weighted by Gasteiger charge is -1.94. The molecule has 0 aliphatic carbocycles. The zero-order valence-electron chi connectivity index (χ0n) is 4.37. The van der Waals surface area contributed by atoms with Gasteiger partial charge >= 0.3 is 5.91 Å². The zero-order valence-corrected chi connectivity index (χ0v) is 4.37. The predicted molar refractivity (Wildman–Crippen MR) is 26.6 cm³/mol. The summed E-state index contributed by atoms with van der Waals surface area (Å²) in [6.07, 6.45) is 3.72. The molecular formula is C5H2N2O2. The lowest BCUT2D eigenvalue weighted by atomic mass is 10.4. The van der Waals surface area contributed by atoms with Crippen LogP contribution < -0.4 is 0 Å². The van der Waals surface area contributed by atoms with Crippen LogP contribution in [0.5, 0.6) is 0 Å². The lowest BCUT2D eigenvalue weighted by Crippen LogP contribution is -2.20. The molecule has 0 aromatic rings. The molecule has 4 nitrogen and oxygen atoms in total. The molecule has 0 saturated carbocycles. The number of hydrogen-bond acceptors (Lipinski definition) is 3. The van der Waals surface area contributed by atoms with E-state index in [1.165, 1.54) is 6.19 Å². The van der Waals surface area contributed by atoms with E-state index in [1.54, 1.807) is 0 Å². The monoisotopic (exact) mass is 122 g/mol. The van der Waals surface area contributed by atoms with Gasteiger partial charge in [-0.25, -0.2) is 4.90 Å². The van der Waals surface area contributed by atoms with Crippen LogP contribution in [0.25, 0.3) is 0 Å². The maximum absolute atomic E-state index is 10.4. The first-order valence-corrected chi connectivity index (χ1v) is 2.21. The molecule has 0 spiro atoms. The average molecular weight is 122 g/mol. The van der Waals surface area contributed by atoms with Crippen molar-refractivity contribution in [2.45, 2.75) is 0 Å². The molecule has 44 valence electrons. The Balaban J connectivity index is 2.89. The van der Waals surface area contributed by atoms with Gasteiger partial charge in [-0.05, 0) is 0 Å². The summed E-state index contributed by atoms with van der Waals surface area (Å²) >= 11 is 0. The van der Waals surface area contributed by atoms with Crippen molar-refractivity contribution in [2.75, 3.05) is 0 Å². The van der Waals surface area contributed by atoms with Crippen molar-refractivity contribution in [1.29, 1.82) is 5.26 Å². The highest BCUT2D eigenvalue weighted by Crippen LogP contribution is 1.99. The molecule has 0 radical (unpaired) electrons. The first-order valence-electron chi connectivity index (χ1n) is 2.21. The molecule has 4 heteroatoms. The Morgan fingerprint density at radius 2 is 2.22 bits per heavy atom. The summed E-state index contributed by atoms with van der Waals surface area (Å²) in [5, 5.41) is 8.11. The van der Waals surface area contributed by atoms with Crippen molar-refractivity contribution >= 4 is 11.7 Å². The molecule has 1 aliphatic rings. The molecule has 0 N–H and O–H groups in total. The summed E-state index contributed by atoms with van der Waals surface area (Å²) in [5.74, 6) is -1.42. The van der Waals surface area contributed by atoms with E-state index in [1.807, 2.05) is 0 Å². The van der Waals surface area contributed by atoms with Gasteiger partial charge in [0.2, 0.25) is 5.78 Å². The molecule has 1 amide bonds. The second kappa shape index (κ2) is 1.71. The summed E-state index contributed by atoms with van der Waals surface area (Å²) in [5.41, 5.74) is 0. The van der Waals surface area contributed by atoms with Gasteiger partial charge in [-0.3, -0.25) is 9.59 Å². The van der Waals surface area contributed by atoms with E-state index in [4.69, 9.17) is 5.26 Å². The molecular weight excluding hydrogens is 120 g/mol. The van der Waals surface area contributed by atoms with Crippen molar-refractivity contribution in [3.05, 3.63) is 12.3 Å². The third-order valence-corrected chi connectivity index (χ3v) is 0.912. The van der Waals surface area contributed by atoms with Gasteiger partial charge in [0, 0.05) is 12.3 Å². The summed E-state index contributed by atoms with van der Waals surface area (Å²) in [4.78, 5) is 21.4. The van der Waals surface area contributed by atoms with E-state index in [-0.39, 0.29) is 0 Å². The number of carbonyl (C=O) groups is 2. The molecule has 0 fully saturated rings. The van der Waals surface area contributed by atoms with Crippen molar-refractivity contribution in [3.8, 4) is 6.19 Å². The van der Waals surface area contributed by atoms with Crippen LogP contribution in [0.1, 0.15) is 0 Å². The van der Waals surface area contributed by atoms with Crippen LogP contribution >= 0.6 is 0 Å². The maximum atomic E-state index is 10.4. The van der Waals surface area contributed by atoms with Crippen LogP contribution in [0.15, 0.2) is 12.3 Å². The van der Waals surface area contributed by atoms with Crippen molar-refractivity contribution in [1.82, 2.24) is 4.90 Å². The first kappa shape index (κ1) is 5.51. The Morgan fingerprint density at radius 3 is 2.44 bits per heavy atom. The molecule has 0 aromatic heterocycles. The van der Waals surface area contributed by atoms with Gasteiger partial charge < -0.3 is 0 Å². The Kier molecular flexibility index (Phi) is 1.04. The Morgan fingerprint density at radius 1 is 1.56 bits per heavy atom. The number of nitriles is 1. The minimum Gasteiger partial charge on any atom is -0.284 e. The predicted octanol–water partition coefficient (Wildman–Crippen LogP) is -0.608. The molecule has 1 heterocycles. The van der Waals surface area contributed by atoms with E-state index >= 15 is 0 Å². The van der Waals surface area contributed by atoms with Crippen LogP contribution in [0.3, 0.4) is 0 Å². The second-order valence-corrected chi connectivity index (χ2v) is 1.46. The molecule has 0 atom stereocenters. The number of carbonyl (C=O) groups excluding carboxylic acids is 2. The number of amides is 1. The fourth-order valence-electron chi connectivity index (χ4n) is 0.479. The Hall–Kier alpha value is -1.63. The van der Waals surface area contributed by atoms with Crippen LogP contribution in [0.4, 0.5) is 0 Å². The Bertz CT molecular complexity index is 236. The van der Waals surface area contributed by atoms with Crippen molar-refractivity contribution < 1.29 is 9.59 Å². The minimum absolute atomic E-state index is 0.642. The van der Waals surface area contributed by atoms with Crippen LogP contribution in [-0.2, 0) is 9.59 Å². The SMILES string of the molecule is N#CN1C=CC(=O)C1=O. The van der Waals surface area contributed by atoms with E-state index in [0.29, 0.717) is 4.90 Å². The van der Waals surface area contributed by atoms with Crippen LogP contribution in [-0.4, -0.2) is 16.6 Å². The molecule has 1 rings (SSSR count). The standard InChI is InChI=1S/C5H2N2O2/c6-3-7-2-1-4(8)5(7)9/h1-2H. The number of rotatable bonds is 0. The lowest BCUT2D eigenvalue weighted by molar-refractivity contribution is -0.137. The fourth-order valence-corrected chi connectivity index (χ4v) is 0.479. The zero-order chi connectivity index (χ0) is 6.85. The van der Waals surface area contributed by atoms with Gasteiger partial charge in [-0.15, -0.1) is 0 Å². The molecule has 0 bridgehead atoms. The highest BCUT2D eigenvalue weighted by atomic mass is 16.2. The minimum atomic E-state index is -0.780. The van der Waals surface area contributed by atoms with E-state index in [0.717, 1.165) is 12.3 Å². The van der Waals surface area contributed by atoms with Gasteiger partial charge in [-0.1, -0.05) is 0 Å². The smallest absolute Gasteiger partial charge is 0.284 e. The number of nitrogens with zero attached hydrogens (tertiary/aromatic N) is 2. The quantitative estimate of drug-likeness (QED) is 0.318. The fraction of sp³-hybridized carbons (Fsp3) is 0. The van der Waals surface area contributed by atoms with E-state index in [9.17, 15) is 9.59 Å². The van der Waals surface area contributed by atoms with Gasteiger partial charge in [0.05, 0.1) is 0 Å². The van der Waals surface area contributed by atoms with Crippen molar-refractivity contribution in [2.24, 2.45) is 0 Å². The van der Waals surface area contributed by atoms with Crippen LogP contribution in [0.2, 0.25) is 0 Å². The molecule has 1 aliphatic heterocycles. The molecule has 9 heavy (non-hydrogen) atoms. The van der Waals surface area contributed by atoms with Gasteiger partial charge in [0.1, 0.15) is 0 Å². The van der Waals surface area contributed by atoms with E-state index < -0.39 is 11.7 Å². The number of ketones is 1. The van der Waals surface area contributed by atoms with Crippen molar-refractivity contribution in [3.63, 3.8) is 0 Å². The average Bonchev–Trinajstić information content (AvgIpc) is 2.15. The highest BCUT2D eigenvalue weighted by molar-refractivity contribution is 6.43. The summed E-state index contributed by atoms with van der Waals surface area (Å²) in [6, 6.07) is 0. The normalized spacial score (nSPS) is 16.6. The van der Waals surface area contributed by atoms with E-state index in [2.05, 4.69) is 0 Å². The van der Waals surface area contributed by atoms with Gasteiger partial charge in [-0.2, -0.15) is 5.26 Å². The topological polar surface area (TPSA) is 61.2 Å². The summed E-state index contributed by atoms with van der Waals surface area (Å²) in [7, 11) is 0. The second-order valence-electron chi connectivity index (χ2n) is 1.46. The summed E-state index contributed by atoms with van der Waals surface area (Å²) < 4.78 is 0. The Labute approximate surface area is 51.0 Å². The third-order valence-electron chi connectivity index (χ3n) is 0.912. The number of hydrogen-bond donors (Lipinski definition) is 0. The maximum Gasteiger partial charge on any atom is 0.311 e. The van der Waals surface area contributed by atoms with Gasteiger partial charge in [0.15, 0.2) is 6.19 Å². The summed E-state index contributed by atoms with van der Waals surface area (Å²) in [6.45, 7) is 0. The largest absolute Gasteiger partial charge is 0.311 e.